The van der Waals surface area contributed by atoms with Gasteiger partial charge in [0, 0.05) is 49.6 Å². The van der Waals surface area contributed by atoms with Gasteiger partial charge in [-0.2, -0.15) is 5.10 Å². The third-order valence-corrected chi connectivity index (χ3v) is 4.89. The van der Waals surface area contributed by atoms with Gasteiger partial charge >= 0.3 is 0 Å². The lowest BCUT2D eigenvalue weighted by Crippen LogP contribution is -2.39. The minimum Gasteiger partial charge on any atom is -0.347 e. The van der Waals surface area contributed by atoms with E-state index in [1.54, 1.807) is 35.6 Å². The van der Waals surface area contributed by atoms with Gasteiger partial charge in [0.1, 0.15) is 0 Å². The van der Waals surface area contributed by atoms with E-state index in [-0.39, 0.29) is 11.9 Å². The molecular weight excluding hydrogens is 330 g/mol. The molecule has 0 spiro atoms. The lowest BCUT2D eigenvalue weighted by Gasteiger charge is -2.29. The fraction of sp³-hybridized carbons (Fsp3) is 0.389. The third-order valence-electron chi connectivity index (χ3n) is 4.89. The largest absolute Gasteiger partial charge is 0.347 e. The van der Waals surface area contributed by atoms with Gasteiger partial charge in [0.15, 0.2) is 5.82 Å². The molecule has 1 saturated carbocycles. The van der Waals surface area contributed by atoms with Gasteiger partial charge in [0.25, 0.3) is 5.91 Å². The van der Waals surface area contributed by atoms with Crippen LogP contribution in [0, 0.1) is 0 Å². The predicted octanol–water partition coefficient (Wildman–Crippen LogP) is 1.99. The smallest absolute Gasteiger partial charge is 0.287 e. The van der Waals surface area contributed by atoms with Crippen LogP contribution in [0.1, 0.15) is 42.3 Å². The molecule has 1 N–H and O–H groups in total. The summed E-state index contributed by atoms with van der Waals surface area (Å²) in [5, 5.41) is 7.60. The summed E-state index contributed by atoms with van der Waals surface area (Å²) in [7, 11) is 1.82. The number of nitrogens with one attached hydrogen (secondary N) is 1. The molecule has 0 radical (unpaired) electrons. The Bertz CT molecular complexity index is 878. The third kappa shape index (κ3) is 3.35. The summed E-state index contributed by atoms with van der Waals surface area (Å²) in [4.78, 5) is 24.8. The van der Waals surface area contributed by atoms with Gasteiger partial charge in [-0.05, 0) is 25.7 Å². The first-order chi connectivity index (χ1) is 12.7. The van der Waals surface area contributed by atoms with Crippen LogP contribution >= 0.6 is 0 Å². The summed E-state index contributed by atoms with van der Waals surface area (Å²) in [6.07, 6.45) is 16.2. The number of hydrogen-bond donors (Lipinski definition) is 1. The SMILES string of the molecule is Cn1ccnc1C(=O)NC1CCC(n2cc(-c3cnccn3)cn2)CC1. The summed E-state index contributed by atoms with van der Waals surface area (Å²) in [5.41, 5.74) is 1.80. The van der Waals surface area contributed by atoms with Crippen LogP contribution < -0.4 is 5.32 Å². The first kappa shape index (κ1) is 16.4. The molecule has 4 rings (SSSR count). The molecule has 8 nitrogen and oxygen atoms in total. The molecule has 0 bridgehead atoms. The fourth-order valence-corrected chi connectivity index (χ4v) is 3.44. The second-order valence-corrected chi connectivity index (χ2v) is 6.64. The summed E-state index contributed by atoms with van der Waals surface area (Å²) in [5.74, 6) is 0.345. The summed E-state index contributed by atoms with van der Waals surface area (Å²) in [6.45, 7) is 0. The maximum atomic E-state index is 12.3. The molecule has 0 atom stereocenters. The van der Waals surface area contributed by atoms with E-state index >= 15 is 0 Å². The summed E-state index contributed by atoms with van der Waals surface area (Å²) < 4.78 is 3.75. The van der Waals surface area contributed by atoms with Crippen LogP contribution in [-0.2, 0) is 7.05 Å². The zero-order valence-corrected chi connectivity index (χ0v) is 14.6. The molecule has 134 valence electrons. The highest BCUT2D eigenvalue weighted by molar-refractivity contribution is 5.90. The van der Waals surface area contributed by atoms with Crippen LogP contribution in [0.25, 0.3) is 11.3 Å². The van der Waals surface area contributed by atoms with Crippen molar-refractivity contribution in [1.82, 2.24) is 34.6 Å². The van der Waals surface area contributed by atoms with Crippen LogP contribution in [0.15, 0.2) is 43.4 Å². The Labute approximate surface area is 151 Å². The fourth-order valence-electron chi connectivity index (χ4n) is 3.44. The number of imidazole rings is 1. The van der Waals surface area contributed by atoms with Gasteiger partial charge in [0.2, 0.25) is 0 Å². The number of nitrogens with zero attached hydrogens (tertiary/aromatic N) is 6. The molecule has 1 amide bonds. The number of aryl methyl sites for hydroxylation is 1. The number of carbonyl (C=O) groups excluding carboxylic acids is 1. The average molecular weight is 351 g/mol. The highest BCUT2D eigenvalue weighted by Gasteiger charge is 2.25. The second-order valence-electron chi connectivity index (χ2n) is 6.64. The van der Waals surface area contributed by atoms with Crippen molar-refractivity contribution in [3.63, 3.8) is 0 Å². The van der Waals surface area contributed by atoms with E-state index in [4.69, 9.17) is 0 Å². The number of hydrogen-bond acceptors (Lipinski definition) is 5. The summed E-state index contributed by atoms with van der Waals surface area (Å²) >= 11 is 0. The quantitative estimate of drug-likeness (QED) is 0.776. The zero-order chi connectivity index (χ0) is 17.9. The van der Waals surface area contributed by atoms with Crippen molar-refractivity contribution in [2.24, 2.45) is 7.05 Å². The monoisotopic (exact) mass is 351 g/mol. The highest BCUT2D eigenvalue weighted by Crippen LogP contribution is 2.29. The lowest BCUT2D eigenvalue weighted by atomic mass is 9.91. The number of aromatic nitrogens is 6. The molecule has 8 heteroatoms. The van der Waals surface area contributed by atoms with Crippen molar-refractivity contribution in [1.29, 1.82) is 0 Å². The Morgan fingerprint density at radius 1 is 1.12 bits per heavy atom. The molecule has 3 aromatic heterocycles. The first-order valence-corrected chi connectivity index (χ1v) is 8.79. The average Bonchev–Trinajstić information content (AvgIpc) is 3.32. The van der Waals surface area contributed by atoms with Gasteiger partial charge in [-0.15, -0.1) is 0 Å². The Morgan fingerprint density at radius 3 is 2.65 bits per heavy atom. The molecule has 3 aromatic rings. The van der Waals surface area contributed by atoms with Crippen molar-refractivity contribution in [3.05, 3.63) is 49.2 Å². The van der Waals surface area contributed by atoms with Crippen molar-refractivity contribution in [2.75, 3.05) is 0 Å². The molecular formula is C18H21N7O. The van der Waals surface area contributed by atoms with E-state index in [9.17, 15) is 4.79 Å². The van der Waals surface area contributed by atoms with Crippen molar-refractivity contribution >= 4 is 5.91 Å². The lowest BCUT2D eigenvalue weighted by molar-refractivity contribution is 0.0908. The maximum absolute atomic E-state index is 12.3. The standard InChI is InChI=1S/C18H21N7O/c1-24-9-8-21-17(24)18(26)23-14-2-4-15(5-3-14)25-12-13(10-22-25)16-11-19-6-7-20-16/h6-12,14-15H,2-5H2,1H3,(H,23,26). The first-order valence-electron chi connectivity index (χ1n) is 8.79. The molecule has 3 heterocycles. The maximum Gasteiger partial charge on any atom is 0.287 e. The molecule has 1 aliphatic rings. The minimum absolute atomic E-state index is 0.107. The number of carbonyl (C=O) groups is 1. The second kappa shape index (κ2) is 7.07. The van der Waals surface area contributed by atoms with Crippen LogP contribution in [0.2, 0.25) is 0 Å². The van der Waals surface area contributed by atoms with Gasteiger partial charge < -0.3 is 9.88 Å². The van der Waals surface area contributed by atoms with Crippen LogP contribution in [0.4, 0.5) is 0 Å². The van der Waals surface area contributed by atoms with Gasteiger partial charge in [-0.25, -0.2) is 4.98 Å². The molecule has 26 heavy (non-hydrogen) atoms. The topological polar surface area (TPSA) is 90.5 Å². The van der Waals surface area contributed by atoms with Crippen LogP contribution in [0.5, 0.6) is 0 Å². The summed E-state index contributed by atoms with van der Waals surface area (Å²) in [6, 6.07) is 0.534. The van der Waals surface area contributed by atoms with E-state index < -0.39 is 0 Å². The zero-order valence-electron chi connectivity index (χ0n) is 14.6. The molecule has 0 unspecified atom stereocenters. The predicted molar refractivity (Wildman–Crippen MR) is 95.2 cm³/mol. The van der Waals surface area contributed by atoms with E-state index in [0.29, 0.717) is 11.9 Å². The van der Waals surface area contributed by atoms with E-state index in [1.807, 2.05) is 24.1 Å². The van der Waals surface area contributed by atoms with E-state index in [0.717, 1.165) is 36.9 Å². The molecule has 0 aliphatic heterocycles. The molecule has 0 saturated heterocycles. The van der Waals surface area contributed by atoms with Crippen molar-refractivity contribution < 1.29 is 4.79 Å². The van der Waals surface area contributed by atoms with Crippen LogP contribution in [0.3, 0.4) is 0 Å². The van der Waals surface area contributed by atoms with Gasteiger partial charge in [-0.3, -0.25) is 19.4 Å². The van der Waals surface area contributed by atoms with E-state index in [1.165, 1.54) is 0 Å². The minimum atomic E-state index is -0.107. The normalized spacial score (nSPS) is 20.0. The Morgan fingerprint density at radius 2 is 1.96 bits per heavy atom. The number of rotatable bonds is 4. The van der Waals surface area contributed by atoms with Gasteiger partial charge in [-0.1, -0.05) is 0 Å². The van der Waals surface area contributed by atoms with Crippen LogP contribution in [-0.4, -0.2) is 41.2 Å². The Kier molecular flexibility index (Phi) is 4.47. The van der Waals surface area contributed by atoms with Crippen molar-refractivity contribution in [2.45, 2.75) is 37.8 Å². The highest BCUT2D eigenvalue weighted by atomic mass is 16.2. The Hall–Kier alpha value is -3.03. The van der Waals surface area contributed by atoms with Gasteiger partial charge in [0.05, 0.1) is 24.1 Å². The molecule has 1 aliphatic carbocycles. The number of amides is 1. The molecule has 0 aromatic carbocycles. The van der Waals surface area contributed by atoms with E-state index in [2.05, 4.69) is 25.4 Å². The molecule has 1 fully saturated rings. The Balaban J connectivity index is 1.35. The van der Waals surface area contributed by atoms with Crippen molar-refractivity contribution in [3.8, 4) is 11.3 Å².